The van der Waals surface area contributed by atoms with Crippen LogP contribution in [-0.2, 0) is 13.6 Å². The van der Waals surface area contributed by atoms with Crippen molar-refractivity contribution in [2.24, 2.45) is 7.05 Å². The predicted octanol–water partition coefficient (Wildman–Crippen LogP) is 0.358. The molecule has 3 aromatic heterocycles. The van der Waals surface area contributed by atoms with Gasteiger partial charge in [0.1, 0.15) is 5.69 Å². The molecule has 3 heterocycles. The molecule has 0 radical (unpaired) electrons. The highest BCUT2D eigenvalue weighted by Gasteiger charge is 2.09. The van der Waals surface area contributed by atoms with Crippen LogP contribution in [-0.4, -0.2) is 25.3 Å². The Bertz CT molecular complexity index is 832. The number of amides is 1. The van der Waals surface area contributed by atoms with Gasteiger partial charge in [-0.25, -0.2) is 9.20 Å². The van der Waals surface area contributed by atoms with E-state index in [1.165, 1.54) is 19.2 Å². The van der Waals surface area contributed by atoms with Gasteiger partial charge >= 0.3 is 0 Å². The molecule has 0 aliphatic heterocycles. The highest BCUT2D eigenvalue weighted by molar-refractivity contribution is 5.91. The molecule has 7 heteroatoms. The number of fused-ring (bicyclic) bond motifs is 1. The quantitative estimate of drug-likeness (QED) is 0.752. The lowest BCUT2D eigenvalue weighted by atomic mass is 10.3. The van der Waals surface area contributed by atoms with Crippen molar-refractivity contribution >= 4 is 11.4 Å². The third kappa shape index (κ3) is 2.66. The number of nitrogens with zero attached hydrogens (tertiary/aromatic N) is 4. The predicted molar refractivity (Wildman–Crippen MR) is 75.8 cm³/mol. The molecule has 0 spiro atoms. The second-order valence-electron chi connectivity index (χ2n) is 4.57. The number of aromatic nitrogens is 4. The van der Waals surface area contributed by atoms with Gasteiger partial charge in [-0.2, -0.15) is 10.2 Å². The van der Waals surface area contributed by atoms with Crippen molar-refractivity contribution in [3.05, 3.63) is 64.3 Å². The SMILES string of the molecule is Cn1nc(C(=O)NCc2cc3ccccn3n2)ccc1=O. The summed E-state index contributed by atoms with van der Waals surface area (Å²) in [4.78, 5) is 23.2. The lowest BCUT2D eigenvalue weighted by Gasteiger charge is -2.03. The van der Waals surface area contributed by atoms with E-state index in [9.17, 15) is 9.59 Å². The summed E-state index contributed by atoms with van der Waals surface area (Å²) in [7, 11) is 1.50. The van der Waals surface area contributed by atoms with Crippen molar-refractivity contribution in [3.8, 4) is 0 Å². The first-order valence-corrected chi connectivity index (χ1v) is 6.39. The van der Waals surface area contributed by atoms with E-state index in [1.54, 1.807) is 4.52 Å². The number of aryl methyl sites for hydroxylation is 1. The molecule has 0 aliphatic rings. The van der Waals surface area contributed by atoms with Crippen molar-refractivity contribution in [2.45, 2.75) is 6.54 Å². The number of hydrogen-bond donors (Lipinski definition) is 1. The normalized spacial score (nSPS) is 10.7. The summed E-state index contributed by atoms with van der Waals surface area (Å²) in [6, 6.07) is 10.4. The van der Waals surface area contributed by atoms with E-state index in [-0.39, 0.29) is 17.2 Å². The van der Waals surface area contributed by atoms with Gasteiger partial charge in [0.05, 0.1) is 17.8 Å². The molecule has 106 valence electrons. The number of hydrogen-bond acceptors (Lipinski definition) is 4. The molecule has 0 aliphatic carbocycles. The highest BCUT2D eigenvalue weighted by atomic mass is 16.2. The Morgan fingerprint density at radius 3 is 2.86 bits per heavy atom. The lowest BCUT2D eigenvalue weighted by Crippen LogP contribution is -2.28. The van der Waals surface area contributed by atoms with Crippen LogP contribution in [0.25, 0.3) is 5.52 Å². The van der Waals surface area contributed by atoms with Crippen LogP contribution in [0.3, 0.4) is 0 Å². The van der Waals surface area contributed by atoms with Gasteiger partial charge in [0, 0.05) is 19.3 Å². The Morgan fingerprint density at radius 1 is 1.24 bits per heavy atom. The monoisotopic (exact) mass is 283 g/mol. The summed E-state index contributed by atoms with van der Waals surface area (Å²) < 4.78 is 2.87. The van der Waals surface area contributed by atoms with Gasteiger partial charge < -0.3 is 5.32 Å². The maximum Gasteiger partial charge on any atom is 0.272 e. The summed E-state index contributed by atoms with van der Waals surface area (Å²) in [5, 5.41) is 11.0. The average Bonchev–Trinajstić information content (AvgIpc) is 2.90. The van der Waals surface area contributed by atoms with E-state index in [0.717, 1.165) is 15.9 Å². The average molecular weight is 283 g/mol. The highest BCUT2D eigenvalue weighted by Crippen LogP contribution is 2.05. The molecule has 0 saturated carbocycles. The van der Waals surface area contributed by atoms with E-state index >= 15 is 0 Å². The van der Waals surface area contributed by atoms with Crippen molar-refractivity contribution in [1.29, 1.82) is 0 Å². The molecule has 0 saturated heterocycles. The van der Waals surface area contributed by atoms with E-state index in [4.69, 9.17) is 0 Å². The molecule has 0 fully saturated rings. The molecule has 3 rings (SSSR count). The Kier molecular flexibility index (Phi) is 3.23. The van der Waals surface area contributed by atoms with Gasteiger partial charge in [0.2, 0.25) is 0 Å². The first-order valence-electron chi connectivity index (χ1n) is 6.39. The Morgan fingerprint density at radius 2 is 2.10 bits per heavy atom. The maximum absolute atomic E-state index is 12.0. The van der Waals surface area contributed by atoms with Gasteiger partial charge in [-0.3, -0.25) is 9.59 Å². The van der Waals surface area contributed by atoms with Crippen LogP contribution in [0.15, 0.2) is 47.4 Å². The molecule has 1 N–H and O–H groups in total. The van der Waals surface area contributed by atoms with Crippen LogP contribution < -0.4 is 10.9 Å². The fourth-order valence-corrected chi connectivity index (χ4v) is 1.96. The zero-order valence-corrected chi connectivity index (χ0v) is 11.4. The zero-order valence-electron chi connectivity index (χ0n) is 11.4. The molecule has 0 atom stereocenters. The standard InChI is InChI=1S/C14H13N5O2/c1-18-13(20)6-5-12(17-18)14(21)15-9-10-8-11-4-2-3-7-19(11)16-10/h2-8H,9H2,1H3,(H,15,21). The zero-order chi connectivity index (χ0) is 14.8. The van der Waals surface area contributed by atoms with Gasteiger partial charge in [0.15, 0.2) is 0 Å². The van der Waals surface area contributed by atoms with Crippen molar-refractivity contribution < 1.29 is 4.79 Å². The molecule has 0 unspecified atom stereocenters. The van der Waals surface area contributed by atoms with Crippen molar-refractivity contribution in [2.75, 3.05) is 0 Å². The second-order valence-corrected chi connectivity index (χ2v) is 4.57. The number of pyridine rings is 1. The molecule has 7 nitrogen and oxygen atoms in total. The van der Waals surface area contributed by atoms with Crippen LogP contribution in [0.4, 0.5) is 0 Å². The van der Waals surface area contributed by atoms with Gasteiger partial charge in [-0.1, -0.05) is 6.07 Å². The number of rotatable bonds is 3. The van der Waals surface area contributed by atoms with Gasteiger partial charge in [-0.15, -0.1) is 0 Å². The van der Waals surface area contributed by atoms with Gasteiger partial charge in [0.25, 0.3) is 11.5 Å². The summed E-state index contributed by atoms with van der Waals surface area (Å²) >= 11 is 0. The maximum atomic E-state index is 12.0. The molecule has 21 heavy (non-hydrogen) atoms. The van der Waals surface area contributed by atoms with Crippen LogP contribution in [0.5, 0.6) is 0 Å². The summed E-state index contributed by atoms with van der Waals surface area (Å²) in [5.74, 6) is -0.345. The van der Waals surface area contributed by atoms with E-state index in [1.807, 2.05) is 30.5 Å². The topological polar surface area (TPSA) is 81.3 Å². The van der Waals surface area contributed by atoms with Crippen LogP contribution in [0.1, 0.15) is 16.2 Å². The summed E-state index contributed by atoms with van der Waals surface area (Å²) in [5.41, 5.74) is 1.65. The minimum atomic E-state index is -0.345. The summed E-state index contributed by atoms with van der Waals surface area (Å²) in [6.45, 7) is 0.297. The Balaban J connectivity index is 1.73. The third-order valence-electron chi connectivity index (χ3n) is 3.04. The van der Waals surface area contributed by atoms with Crippen LogP contribution in [0, 0.1) is 0 Å². The fourth-order valence-electron chi connectivity index (χ4n) is 1.96. The molecular formula is C14H13N5O2. The number of nitrogens with one attached hydrogen (secondary N) is 1. The van der Waals surface area contributed by atoms with Gasteiger partial charge in [-0.05, 0) is 24.3 Å². The van der Waals surface area contributed by atoms with Crippen LogP contribution in [0.2, 0.25) is 0 Å². The molecule has 1 amide bonds. The molecular weight excluding hydrogens is 270 g/mol. The first kappa shape index (κ1) is 13.0. The van der Waals surface area contributed by atoms with E-state index in [2.05, 4.69) is 15.5 Å². The third-order valence-corrected chi connectivity index (χ3v) is 3.04. The molecule has 0 aromatic carbocycles. The van der Waals surface area contributed by atoms with Crippen molar-refractivity contribution in [1.82, 2.24) is 24.7 Å². The Hall–Kier alpha value is -2.96. The molecule has 0 bridgehead atoms. The smallest absolute Gasteiger partial charge is 0.272 e. The number of carbonyl (C=O) groups excluding carboxylic acids is 1. The lowest BCUT2D eigenvalue weighted by molar-refractivity contribution is 0.0943. The van der Waals surface area contributed by atoms with E-state index in [0.29, 0.717) is 6.54 Å². The molecule has 3 aromatic rings. The second kappa shape index (κ2) is 5.20. The number of carbonyl (C=O) groups is 1. The Labute approximate surface area is 119 Å². The minimum absolute atomic E-state index is 0.195. The first-order chi connectivity index (χ1) is 10.1. The summed E-state index contributed by atoms with van der Waals surface area (Å²) in [6.07, 6.45) is 1.84. The van der Waals surface area contributed by atoms with Crippen molar-refractivity contribution in [3.63, 3.8) is 0 Å². The fraction of sp³-hybridized carbons (Fsp3) is 0.143. The van der Waals surface area contributed by atoms with E-state index < -0.39 is 0 Å². The minimum Gasteiger partial charge on any atom is -0.345 e. The largest absolute Gasteiger partial charge is 0.345 e. The van der Waals surface area contributed by atoms with Crippen LogP contribution >= 0.6 is 0 Å².